The minimum Gasteiger partial charge on any atom is -0.482 e. The second-order valence-corrected chi connectivity index (χ2v) is 8.91. The van der Waals surface area contributed by atoms with Crippen LogP contribution in [0.1, 0.15) is 5.56 Å². The Hall–Kier alpha value is -3.17. The molecule has 0 spiro atoms. The molecule has 30 heavy (non-hydrogen) atoms. The number of piperazine rings is 1. The molecule has 156 valence electrons. The highest BCUT2D eigenvalue weighted by Gasteiger charge is 2.30. The lowest BCUT2D eigenvalue weighted by Crippen LogP contribution is -2.50. The summed E-state index contributed by atoms with van der Waals surface area (Å²) in [6, 6.07) is 13.9. The summed E-state index contributed by atoms with van der Waals surface area (Å²) in [5.41, 5.74) is 1.27. The molecule has 0 unspecified atom stereocenters. The van der Waals surface area contributed by atoms with E-state index in [0.717, 1.165) is 5.56 Å². The van der Waals surface area contributed by atoms with Gasteiger partial charge in [-0.3, -0.25) is 9.59 Å². The molecule has 2 amide bonds. The van der Waals surface area contributed by atoms with E-state index in [4.69, 9.17) is 4.74 Å². The summed E-state index contributed by atoms with van der Waals surface area (Å²) in [4.78, 5) is 25.6. The summed E-state index contributed by atoms with van der Waals surface area (Å²) in [6.07, 6.45) is 3.25. The predicted octanol–water partition coefficient (Wildman–Crippen LogP) is 1.56. The van der Waals surface area contributed by atoms with Crippen molar-refractivity contribution in [3.8, 4) is 5.75 Å². The standard InChI is InChI=1S/C21H21N3O5S/c25-20-15-29-19-8-7-17(14-18(19)22-20)30(27,28)24-12-10-23(11-13-24)21(26)9-6-16-4-2-1-3-5-16/h1-9,14H,10-13,15H2,(H,22,25). The van der Waals surface area contributed by atoms with Gasteiger partial charge in [-0.25, -0.2) is 8.42 Å². The summed E-state index contributed by atoms with van der Waals surface area (Å²) in [7, 11) is -3.75. The Labute approximate surface area is 174 Å². The number of benzene rings is 2. The van der Waals surface area contributed by atoms with Crippen LogP contribution in [0.3, 0.4) is 0 Å². The summed E-state index contributed by atoms with van der Waals surface area (Å²) in [6.45, 7) is 0.929. The number of rotatable bonds is 4. The number of fused-ring (bicyclic) bond motifs is 1. The second-order valence-electron chi connectivity index (χ2n) is 6.97. The lowest BCUT2D eigenvalue weighted by molar-refractivity contribution is -0.127. The molecule has 2 aromatic rings. The van der Waals surface area contributed by atoms with Crippen LogP contribution in [0.5, 0.6) is 5.75 Å². The molecule has 0 radical (unpaired) electrons. The average Bonchev–Trinajstić information content (AvgIpc) is 2.77. The fourth-order valence-electron chi connectivity index (χ4n) is 3.36. The minimum atomic E-state index is -3.75. The number of nitrogens with zero attached hydrogens (tertiary/aromatic N) is 2. The van der Waals surface area contributed by atoms with Crippen molar-refractivity contribution >= 4 is 33.6 Å². The average molecular weight is 427 g/mol. The third kappa shape index (κ3) is 4.22. The molecule has 0 aromatic heterocycles. The number of hydrogen-bond acceptors (Lipinski definition) is 5. The van der Waals surface area contributed by atoms with Crippen LogP contribution < -0.4 is 10.1 Å². The molecule has 1 N–H and O–H groups in total. The van der Waals surface area contributed by atoms with E-state index in [2.05, 4.69) is 5.32 Å². The number of amides is 2. The molecule has 2 aliphatic heterocycles. The fraction of sp³-hybridized carbons (Fsp3) is 0.238. The number of nitrogens with one attached hydrogen (secondary N) is 1. The van der Waals surface area contributed by atoms with Crippen LogP contribution in [-0.2, 0) is 19.6 Å². The highest BCUT2D eigenvalue weighted by molar-refractivity contribution is 7.89. The molecular weight excluding hydrogens is 406 g/mol. The molecule has 8 nitrogen and oxygen atoms in total. The van der Waals surface area contributed by atoms with E-state index < -0.39 is 10.0 Å². The largest absolute Gasteiger partial charge is 0.482 e. The van der Waals surface area contributed by atoms with Crippen LogP contribution in [0.25, 0.3) is 6.08 Å². The Morgan fingerprint density at radius 1 is 1.03 bits per heavy atom. The zero-order chi connectivity index (χ0) is 21.1. The van der Waals surface area contributed by atoms with Crippen molar-refractivity contribution in [1.29, 1.82) is 0 Å². The van der Waals surface area contributed by atoms with Gasteiger partial charge in [-0.2, -0.15) is 4.31 Å². The maximum absolute atomic E-state index is 13.0. The maximum Gasteiger partial charge on any atom is 0.262 e. The summed E-state index contributed by atoms with van der Waals surface area (Å²) in [5, 5.41) is 2.62. The van der Waals surface area contributed by atoms with Crippen molar-refractivity contribution in [1.82, 2.24) is 9.21 Å². The molecule has 2 aromatic carbocycles. The summed E-state index contributed by atoms with van der Waals surface area (Å²) < 4.78 is 32.6. The van der Waals surface area contributed by atoms with Gasteiger partial charge in [0, 0.05) is 32.3 Å². The molecule has 2 aliphatic rings. The highest BCUT2D eigenvalue weighted by atomic mass is 32.2. The van der Waals surface area contributed by atoms with Gasteiger partial charge >= 0.3 is 0 Å². The molecule has 1 fully saturated rings. The van der Waals surface area contributed by atoms with Gasteiger partial charge in [0.25, 0.3) is 5.91 Å². The number of sulfonamides is 1. The lowest BCUT2D eigenvalue weighted by atomic mass is 10.2. The van der Waals surface area contributed by atoms with E-state index in [9.17, 15) is 18.0 Å². The van der Waals surface area contributed by atoms with Gasteiger partial charge in [0.1, 0.15) is 5.75 Å². The van der Waals surface area contributed by atoms with Crippen molar-refractivity contribution in [2.45, 2.75) is 4.90 Å². The number of carbonyl (C=O) groups is 2. The Balaban J connectivity index is 1.41. The van der Waals surface area contributed by atoms with Crippen molar-refractivity contribution in [3.05, 3.63) is 60.2 Å². The highest BCUT2D eigenvalue weighted by Crippen LogP contribution is 2.31. The van der Waals surface area contributed by atoms with Gasteiger partial charge in [-0.1, -0.05) is 30.3 Å². The second kappa shape index (κ2) is 8.29. The molecular formula is C21H21N3O5S. The summed E-state index contributed by atoms with van der Waals surface area (Å²) >= 11 is 0. The van der Waals surface area contributed by atoms with Crippen molar-refractivity contribution in [2.75, 3.05) is 38.1 Å². The van der Waals surface area contributed by atoms with Crippen LogP contribution in [-0.4, -0.2) is 62.2 Å². The van der Waals surface area contributed by atoms with Gasteiger partial charge in [0.2, 0.25) is 15.9 Å². The molecule has 0 bridgehead atoms. The minimum absolute atomic E-state index is 0.0794. The third-order valence-corrected chi connectivity index (χ3v) is 6.88. The van der Waals surface area contributed by atoms with E-state index in [1.165, 1.54) is 28.6 Å². The van der Waals surface area contributed by atoms with Gasteiger partial charge in [-0.05, 0) is 29.8 Å². The van der Waals surface area contributed by atoms with E-state index >= 15 is 0 Å². The van der Waals surface area contributed by atoms with E-state index in [1.807, 2.05) is 30.3 Å². The first-order valence-electron chi connectivity index (χ1n) is 9.52. The summed E-state index contributed by atoms with van der Waals surface area (Å²) in [5.74, 6) is -0.0357. The maximum atomic E-state index is 13.0. The van der Waals surface area contributed by atoms with Gasteiger partial charge in [0.15, 0.2) is 6.61 Å². The Kier molecular flexibility index (Phi) is 5.56. The third-order valence-electron chi connectivity index (χ3n) is 4.99. The van der Waals surface area contributed by atoms with Crippen LogP contribution >= 0.6 is 0 Å². The molecule has 1 saturated heterocycles. The smallest absolute Gasteiger partial charge is 0.262 e. The van der Waals surface area contributed by atoms with Crippen molar-refractivity contribution in [3.63, 3.8) is 0 Å². The van der Waals surface area contributed by atoms with Crippen molar-refractivity contribution in [2.24, 2.45) is 0 Å². The van der Waals surface area contributed by atoms with Crippen molar-refractivity contribution < 1.29 is 22.7 Å². The van der Waals surface area contributed by atoms with Crippen LogP contribution in [0.4, 0.5) is 5.69 Å². The normalized spacial score (nSPS) is 17.3. The van der Waals surface area contributed by atoms with Crippen LogP contribution in [0.15, 0.2) is 59.5 Å². The molecule has 4 rings (SSSR count). The Morgan fingerprint density at radius 3 is 2.50 bits per heavy atom. The number of ether oxygens (including phenoxy) is 1. The number of anilines is 1. The Morgan fingerprint density at radius 2 is 1.77 bits per heavy atom. The Bertz CT molecular complexity index is 1090. The predicted molar refractivity (Wildman–Crippen MR) is 111 cm³/mol. The number of hydrogen-bond donors (Lipinski definition) is 1. The van der Waals surface area contributed by atoms with Crippen LogP contribution in [0, 0.1) is 0 Å². The lowest BCUT2D eigenvalue weighted by Gasteiger charge is -2.33. The fourth-order valence-corrected chi connectivity index (χ4v) is 4.81. The molecule has 0 saturated carbocycles. The zero-order valence-electron chi connectivity index (χ0n) is 16.2. The first kappa shape index (κ1) is 20.1. The van der Waals surface area contributed by atoms with E-state index in [0.29, 0.717) is 24.5 Å². The first-order valence-corrected chi connectivity index (χ1v) is 11.0. The number of carbonyl (C=O) groups excluding carboxylic acids is 2. The molecule has 2 heterocycles. The SMILES string of the molecule is O=C1COc2ccc(S(=O)(=O)N3CCN(C(=O)C=Cc4ccccc4)CC3)cc2N1. The zero-order valence-corrected chi connectivity index (χ0v) is 17.0. The van der Waals surface area contributed by atoms with Gasteiger partial charge < -0.3 is 15.0 Å². The van der Waals surface area contributed by atoms with E-state index in [1.54, 1.807) is 11.0 Å². The topological polar surface area (TPSA) is 96.0 Å². The molecule has 0 aliphatic carbocycles. The quantitative estimate of drug-likeness (QED) is 0.747. The monoisotopic (exact) mass is 427 g/mol. The molecule has 0 atom stereocenters. The van der Waals surface area contributed by atoms with Crippen LogP contribution in [0.2, 0.25) is 0 Å². The van der Waals surface area contributed by atoms with E-state index in [-0.39, 0.29) is 36.4 Å². The first-order chi connectivity index (χ1) is 14.4. The molecule has 9 heteroatoms. The van der Waals surface area contributed by atoms with Gasteiger partial charge in [-0.15, -0.1) is 0 Å². The van der Waals surface area contributed by atoms with Gasteiger partial charge in [0.05, 0.1) is 10.6 Å².